The van der Waals surface area contributed by atoms with E-state index in [1.807, 2.05) is 37.3 Å². The zero-order valence-electron chi connectivity index (χ0n) is 8.13. The highest BCUT2D eigenvalue weighted by Crippen LogP contribution is 2.19. The molecule has 0 saturated carbocycles. The molecule has 0 aliphatic heterocycles. The molecule has 0 unspecified atom stereocenters. The van der Waals surface area contributed by atoms with Crippen molar-refractivity contribution in [1.82, 2.24) is 20.2 Å². The highest BCUT2D eigenvalue weighted by Gasteiger charge is 2.03. The molecule has 0 bridgehead atoms. The molecule has 5 heteroatoms. The van der Waals surface area contributed by atoms with E-state index >= 15 is 0 Å². The van der Waals surface area contributed by atoms with Crippen molar-refractivity contribution >= 4 is 17.7 Å². The zero-order chi connectivity index (χ0) is 10.7. The maximum Gasteiger partial charge on any atom is 0.143 e. The van der Waals surface area contributed by atoms with E-state index in [-0.39, 0.29) is 0 Å². The Morgan fingerprint density at radius 3 is 2.93 bits per heavy atom. The second kappa shape index (κ2) is 4.23. The summed E-state index contributed by atoms with van der Waals surface area (Å²) in [5, 5.41) is 11.7. The predicted molar refractivity (Wildman–Crippen MR) is 58.9 cm³/mol. The van der Waals surface area contributed by atoms with Gasteiger partial charge >= 0.3 is 0 Å². The van der Waals surface area contributed by atoms with E-state index in [4.69, 9.17) is 11.6 Å². The molecule has 0 saturated heterocycles. The Morgan fingerprint density at radius 2 is 2.27 bits per heavy atom. The van der Waals surface area contributed by atoms with Gasteiger partial charge in [0.15, 0.2) is 0 Å². The van der Waals surface area contributed by atoms with Gasteiger partial charge in [0.05, 0.1) is 5.69 Å². The van der Waals surface area contributed by atoms with Crippen molar-refractivity contribution in [3.63, 3.8) is 0 Å². The maximum atomic E-state index is 5.92. The van der Waals surface area contributed by atoms with Crippen LogP contribution in [0.25, 0.3) is 11.8 Å². The average molecular weight is 221 g/mol. The number of hydrogen-bond donors (Lipinski definition) is 0. The Balaban J connectivity index is 2.56. The van der Waals surface area contributed by atoms with Crippen LogP contribution < -0.4 is 0 Å². The van der Waals surface area contributed by atoms with Crippen LogP contribution in [-0.2, 0) is 0 Å². The van der Waals surface area contributed by atoms with Gasteiger partial charge in [0, 0.05) is 10.6 Å². The second-order valence-corrected chi connectivity index (χ2v) is 3.39. The van der Waals surface area contributed by atoms with E-state index in [0.29, 0.717) is 5.02 Å². The van der Waals surface area contributed by atoms with E-state index in [0.717, 1.165) is 11.3 Å². The van der Waals surface area contributed by atoms with Crippen LogP contribution in [0.1, 0.15) is 12.5 Å². The van der Waals surface area contributed by atoms with Crippen molar-refractivity contribution < 1.29 is 0 Å². The number of allylic oxidation sites excluding steroid dienone is 1. The van der Waals surface area contributed by atoms with Crippen LogP contribution in [0.5, 0.6) is 0 Å². The van der Waals surface area contributed by atoms with Gasteiger partial charge in [-0.1, -0.05) is 23.8 Å². The van der Waals surface area contributed by atoms with Crippen molar-refractivity contribution in [3.05, 3.63) is 41.2 Å². The fourth-order valence-electron chi connectivity index (χ4n) is 1.32. The Bertz CT molecular complexity index is 476. The van der Waals surface area contributed by atoms with Crippen molar-refractivity contribution in [2.45, 2.75) is 6.92 Å². The molecule has 1 heterocycles. The third-order valence-electron chi connectivity index (χ3n) is 1.93. The van der Waals surface area contributed by atoms with Gasteiger partial charge in [-0.15, -0.1) is 5.10 Å². The van der Waals surface area contributed by atoms with Crippen LogP contribution in [0, 0.1) is 0 Å². The van der Waals surface area contributed by atoms with Crippen molar-refractivity contribution in [2.75, 3.05) is 0 Å². The third-order valence-corrected chi connectivity index (χ3v) is 2.17. The molecule has 0 amide bonds. The largest absolute Gasteiger partial charge is 0.200 e. The molecule has 0 atom stereocenters. The lowest BCUT2D eigenvalue weighted by Crippen LogP contribution is -1.97. The second-order valence-electron chi connectivity index (χ2n) is 2.96. The first kappa shape index (κ1) is 9.86. The average Bonchev–Trinajstić information content (AvgIpc) is 2.71. The lowest BCUT2D eigenvalue weighted by Gasteiger charge is -2.04. The van der Waals surface area contributed by atoms with Gasteiger partial charge in [-0.2, -0.15) is 4.68 Å². The summed E-state index contributed by atoms with van der Waals surface area (Å²) < 4.78 is 1.60. The van der Waals surface area contributed by atoms with E-state index in [9.17, 15) is 0 Å². The Hall–Kier alpha value is -1.68. The summed E-state index contributed by atoms with van der Waals surface area (Å²) in [6, 6.07) is 5.57. The predicted octanol–water partition coefficient (Wildman–Crippen LogP) is 2.35. The number of benzene rings is 1. The molecule has 0 fully saturated rings. The Morgan fingerprint density at radius 1 is 1.40 bits per heavy atom. The van der Waals surface area contributed by atoms with Crippen LogP contribution in [0.3, 0.4) is 0 Å². The summed E-state index contributed by atoms with van der Waals surface area (Å²) in [6.07, 6.45) is 5.46. The summed E-state index contributed by atoms with van der Waals surface area (Å²) in [5.41, 5.74) is 1.89. The minimum Gasteiger partial charge on any atom is -0.200 e. The molecule has 0 spiro atoms. The molecule has 15 heavy (non-hydrogen) atoms. The SMILES string of the molecule is CC=Cc1cc(Cl)ccc1-n1cnnn1. The van der Waals surface area contributed by atoms with Crippen molar-refractivity contribution in [3.8, 4) is 5.69 Å². The summed E-state index contributed by atoms with van der Waals surface area (Å²) >= 11 is 5.92. The monoisotopic (exact) mass is 220 g/mol. The van der Waals surface area contributed by atoms with Crippen molar-refractivity contribution in [2.24, 2.45) is 0 Å². The summed E-state index contributed by atoms with van der Waals surface area (Å²) in [6.45, 7) is 1.95. The van der Waals surface area contributed by atoms with Gasteiger partial charge in [-0.3, -0.25) is 0 Å². The van der Waals surface area contributed by atoms with Crippen LogP contribution >= 0.6 is 11.6 Å². The van der Waals surface area contributed by atoms with E-state index in [1.54, 1.807) is 11.0 Å². The molecule has 2 rings (SSSR count). The van der Waals surface area contributed by atoms with Gasteiger partial charge in [0.25, 0.3) is 0 Å². The minimum absolute atomic E-state index is 0.694. The lowest BCUT2D eigenvalue weighted by atomic mass is 10.1. The molecule has 2 aromatic rings. The number of rotatable bonds is 2. The van der Waals surface area contributed by atoms with Gasteiger partial charge in [0.1, 0.15) is 6.33 Å². The first-order chi connectivity index (χ1) is 7.31. The fourth-order valence-corrected chi connectivity index (χ4v) is 1.50. The number of nitrogens with zero attached hydrogens (tertiary/aromatic N) is 4. The Kier molecular flexibility index (Phi) is 2.78. The first-order valence-corrected chi connectivity index (χ1v) is 4.84. The molecule has 76 valence electrons. The molecule has 0 aliphatic rings. The minimum atomic E-state index is 0.694. The van der Waals surface area contributed by atoms with Crippen LogP contribution in [-0.4, -0.2) is 20.2 Å². The molecule has 0 radical (unpaired) electrons. The third kappa shape index (κ3) is 2.05. The smallest absolute Gasteiger partial charge is 0.143 e. The first-order valence-electron chi connectivity index (χ1n) is 4.47. The number of aromatic nitrogens is 4. The normalized spacial score (nSPS) is 11.1. The molecule has 0 N–H and O–H groups in total. The van der Waals surface area contributed by atoms with Gasteiger partial charge < -0.3 is 0 Å². The molecule has 1 aromatic heterocycles. The maximum absolute atomic E-state index is 5.92. The molecular weight excluding hydrogens is 212 g/mol. The highest BCUT2D eigenvalue weighted by molar-refractivity contribution is 6.30. The van der Waals surface area contributed by atoms with Gasteiger partial charge in [-0.25, -0.2) is 0 Å². The summed E-state index contributed by atoms with van der Waals surface area (Å²) in [5.74, 6) is 0. The zero-order valence-corrected chi connectivity index (χ0v) is 8.89. The highest BCUT2D eigenvalue weighted by atomic mass is 35.5. The standard InChI is InChI=1S/C10H9ClN4/c1-2-3-8-6-9(11)4-5-10(8)15-7-12-13-14-15/h2-7H,1H3. The van der Waals surface area contributed by atoms with E-state index < -0.39 is 0 Å². The fraction of sp³-hybridized carbons (Fsp3) is 0.100. The van der Waals surface area contributed by atoms with Gasteiger partial charge in [-0.05, 0) is 35.5 Å². The van der Waals surface area contributed by atoms with E-state index in [1.165, 1.54) is 0 Å². The van der Waals surface area contributed by atoms with Crippen LogP contribution in [0.2, 0.25) is 5.02 Å². The van der Waals surface area contributed by atoms with Crippen LogP contribution in [0.4, 0.5) is 0 Å². The van der Waals surface area contributed by atoms with Crippen molar-refractivity contribution in [1.29, 1.82) is 0 Å². The Labute approximate surface area is 92.2 Å². The van der Waals surface area contributed by atoms with E-state index in [2.05, 4.69) is 15.5 Å². The number of tetrazole rings is 1. The van der Waals surface area contributed by atoms with Gasteiger partial charge in [0.2, 0.25) is 0 Å². The topological polar surface area (TPSA) is 43.6 Å². The summed E-state index contributed by atoms with van der Waals surface area (Å²) in [4.78, 5) is 0. The molecule has 0 aliphatic carbocycles. The van der Waals surface area contributed by atoms with Crippen LogP contribution in [0.15, 0.2) is 30.6 Å². The number of hydrogen-bond acceptors (Lipinski definition) is 3. The molecule has 4 nitrogen and oxygen atoms in total. The molecule has 1 aromatic carbocycles. The quantitative estimate of drug-likeness (QED) is 0.780. The lowest BCUT2D eigenvalue weighted by molar-refractivity contribution is 0.788. The summed E-state index contributed by atoms with van der Waals surface area (Å²) in [7, 11) is 0. The molecular formula is C10H9ClN4. The number of halogens is 1.